The zero-order valence-corrected chi connectivity index (χ0v) is 18.7. The van der Waals surface area contributed by atoms with E-state index in [0.717, 1.165) is 40.8 Å². The first-order valence-electron chi connectivity index (χ1n) is 10.1. The number of amides is 1. The van der Waals surface area contributed by atoms with Crippen molar-refractivity contribution in [1.82, 2.24) is 4.98 Å². The summed E-state index contributed by atoms with van der Waals surface area (Å²) in [6.45, 7) is 4.33. The molecular weight excluding hydrogens is 416 g/mol. The number of nitrogens with one attached hydrogen (secondary N) is 1. The molecule has 0 spiro atoms. The number of para-hydroxylation sites is 1. The number of ether oxygens (including phenoxy) is 1. The van der Waals surface area contributed by atoms with E-state index in [9.17, 15) is 9.59 Å². The molecule has 3 aromatic rings. The standard InChI is InChI=1S/C23H24N2O3S2/c1-3-28-23(27)21-16-10-8-14(2)12-18(16)30-22(21)25-19(26)13-29-20-11-9-15-6-4-5-7-17(15)24-20/h4-7,9,11,14H,3,8,10,12-13H2,1-2H3,(H,25,26)/t14-/m1/s1. The van der Waals surface area contributed by atoms with Crippen LogP contribution < -0.4 is 5.32 Å². The Balaban J connectivity index is 1.48. The third-order valence-corrected chi connectivity index (χ3v) is 7.27. The number of nitrogens with zero attached hydrogens (tertiary/aromatic N) is 1. The Kier molecular flexibility index (Phi) is 6.39. The van der Waals surface area contributed by atoms with Gasteiger partial charge in [0.25, 0.3) is 0 Å². The predicted molar refractivity (Wildman–Crippen MR) is 123 cm³/mol. The second-order valence-corrected chi connectivity index (χ2v) is 9.56. The van der Waals surface area contributed by atoms with Crippen molar-refractivity contribution in [2.45, 2.75) is 38.1 Å². The van der Waals surface area contributed by atoms with Crippen LogP contribution in [0.25, 0.3) is 10.9 Å². The van der Waals surface area contributed by atoms with Crippen LogP contribution in [0.15, 0.2) is 41.4 Å². The quantitative estimate of drug-likeness (QED) is 0.415. The zero-order chi connectivity index (χ0) is 21.1. The first-order chi connectivity index (χ1) is 14.5. The molecule has 1 aliphatic carbocycles. The van der Waals surface area contributed by atoms with E-state index >= 15 is 0 Å². The van der Waals surface area contributed by atoms with Crippen molar-refractivity contribution in [2.24, 2.45) is 5.92 Å². The summed E-state index contributed by atoms with van der Waals surface area (Å²) < 4.78 is 5.27. The fraction of sp³-hybridized carbons (Fsp3) is 0.348. The molecule has 1 atom stereocenters. The van der Waals surface area contributed by atoms with Crippen LogP contribution in [0.2, 0.25) is 0 Å². The molecule has 5 nitrogen and oxygen atoms in total. The van der Waals surface area contributed by atoms with E-state index in [1.165, 1.54) is 28.0 Å². The maximum absolute atomic E-state index is 12.7. The van der Waals surface area contributed by atoms with Crippen molar-refractivity contribution < 1.29 is 14.3 Å². The molecule has 0 saturated heterocycles. The SMILES string of the molecule is CCOC(=O)c1c(NC(=O)CSc2ccc3ccccc3n2)sc2c1CC[C@@H](C)C2. The van der Waals surface area contributed by atoms with Crippen LogP contribution in [-0.4, -0.2) is 29.2 Å². The number of carbonyl (C=O) groups excluding carboxylic acids is 2. The van der Waals surface area contributed by atoms with Crippen LogP contribution in [0.1, 0.15) is 41.1 Å². The van der Waals surface area contributed by atoms with E-state index in [0.29, 0.717) is 23.1 Å². The number of thioether (sulfide) groups is 1. The lowest BCUT2D eigenvalue weighted by molar-refractivity contribution is -0.113. The molecular formula is C23H24N2O3S2. The Hall–Kier alpha value is -2.38. The number of hydrogen-bond donors (Lipinski definition) is 1. The average molecular weight is 441 g/mol. The number of esters is 1. The highest BCUT2D eigenvalue weighted by Crippen LogP contribution is 2.40. The van der Waals surface area contributed by atoms with E-state index in [1.807, 2.05) is 36.4 Å². The van der Waals surface area contributed by atoms with Crippen LogP contribution in [0.4, 0.5) is 5.00 Å². The lowest BCUT2D eigenvalue weighted by Gasteiger charge is -2.18. The zero-order valence-electron chi connectivity index (χ0n) is 17.1. The summed E-state index contributed by atoms with van der Waals surface area (Å²) in [7, 11) is 0. The first kappa shape index (κ1) is 20.9. The maximum atomic E-state index is 12.7. The van der Waals surface area contributed by atoms with Crippen molar-refractivity contribution in [2.75, 3.05) is 17.7 Å². The number of benzene rings is 1. The topological polar surface area (TPSA) is 68.3 Å². The first-order valence-corrected chi connectivity index (χ1v) is 12.0. The number of fused-ring (bicyclic) bond motifs is 2. The highest BCUT2D eigenvalue weighted by Gasteiger charge is 2.29. The summed E-state index contributed by atoms with van der Waals surface area (Å²) >= 11 is 2.90. The molecule has 2 aromatic heterocycles. The minimum absolute atomic E-state index is 0.146. The largest absolute Gasteiger partial charge is 0.462 e. The molecule has 0 unspecified atom stereocenters. The third-order valence-electron chi connectivity index (χ3n) is 5.17. The van der Waals surface area contributed by atoms with Gasteiger partial charge >= 0.3 is 5.97 Å². The Labute approximate surface area is 184 Å². The van der Waals surface area contributed by atoms with Crippen molar-refractivity contribution in [3.63, 3.8) is 0 Å². The molecule has 156 valence electrons. The van der Waals surface area contributed by atoms with Crippen molar-refractivity contribution in [1.29, 1.82) is 0 Å². The molecule has 1 aliphatic rings. The minimum atomic E-state index is -0.344. The second kappa shape index (κ2) is 9.18. The highest BCUT2D eigenvalue weighted by molar-refractivity contribution is 7.99. The molecule has 0 saturated carbocycles. The lowest BCUT2D eigenvalue weighted by atomic mass is 9.88. The van der Waals surface area contributed by atoms with Crippen LogP contribution in [0.3, 0.4) is 0 Å². The Morgan fingerprint density at radius 1 is 1.27 bits per heavy atom. The second-order valence-electron chi connectivity index (χ2n) is 7.46. The van der Waals surface area contributed by atoms with E-state index in [-0.39, 0.29) is 17.6 Å². The van der Waals surface area contributed by atoms with E-state index in [1.54, 1.807) is 6.92 Å². The Morgan fingerprint density at radius 3 is 2.93 bits per heavy atom. The lowest BCUT2D eigenvalue weighted by Crippen LogP contribution is -2.17. The molecule has 7 heteroatoms. The number of thiophene rings is 1. The summed E-state index contributed by atoms with van der Waals surface area (Å²) in [6, 6.07) is 11.8. The highest BCUT2D eigenvalue weighted by atomic mass is 32.2. The summed E-state index contributed by atoms with van der Waals surface area (Å²) in [5, 5.41) is 5.45. The number of anilines is 1. The number of hydrogen-bond acceptors (Lipinski definition) is 6. The van der Waals surface area contributed by atoms with Gasteiger partial charge in [0.2, 0.25) is 5.91 Å². The number of pyridine rings is 1. The molecule has 4 rings (SSSR count). The van der Waals surface area contributed by atoms with Gasteiger partial charge in [0.05, 0.1) is 28.5 Å². The molecule has 0 fully saturated rings. The van der Waals surface area contributed by atoms with Crippen molar-refractivity contribution >= 4 is 50.9 Å². The van der Waals surface area contributed by atoms with Crippen molar-refractivity contribution in [3.05, 3.63) is 52.4 Å². The van der Waals surface area contributed by atoms with E-state index in [4.69, 9.17) is 4.74 Å². The number of aromatic nitrogens is 1. The van der Waals surface area contributed by atoms with Gasteiger partial charge in [-0.3, -0.25) is 4.79 Å². The van der Waals surface area contributed by atoms with Crippen molar-refractivity contribution in [3.8, 4) is 0 Å². The fourth-order valence-corrected chi connectivity index (χ4v) is 5.78. The van der Waals surface area contributed by atoms with E-state index < -0.39 is 0 Å². The van der Waals surface area contributed by atoms with Crippen LogP contribution in [0.5, 0.6) is 0 Å². The van der Waals surface area contributed by atoms with Gasteiger partial charge in [-0.05, 0) is 49.8 Å². The van der Waals surface area contributed by atoms with Gasteiger partial charge in [-0.1, -0.05) is 43.0 Å². The molecule has 30 heavy (non-hydrogen) atoms. The normalized spacial score (nSPS) is 15.6. The Morgan fingerprint density at radius 2 is 2.10 bits per heavy atom. The van der Waals surface area contributed by atoms with Crippen LogP contribution in [0, 0.1) is 5.92 Å². The third kappa shape index (κ3) is 4.52. The number of carbonyl (C=O) groups is 2. The summed E-state index contributed by atoms with van der Waals surface area (Å²) in [4.78, 5) is 31.0. The molecule has 0 radical (unpaired) electrons. The van der Waals surface area contributed by atoms with Crippen LogP contribution >= 0.6 is 23.1 Å². The molecule has 2 heterocycles. The van der Waals surface area contributed by atoms with Gasteiger partial charge in [-0.25, -0.2) is 9.78 Å². The van der Waals surface area contributed by atoms with Gasteiger partial charge in [-0.15, -0.1) is 11.3 Å². The predicted octanol–water partition coefficient (Wildman–Crippen LogP) is 5.33. The van der Waals surface area contributed by atoms with Crippen LogP contribution in [-0.2, 0) is 22.4 Å². The number of rotatable bonds is 6. The summed E-state index contributed by atoms with van der Waals surface area (Å²) in [5.74, 6) is 0.326. The molecule has 0 bridgehead atoms. The fourth-order valence-electron chi connectivity index (χ4n) is 3.69. The molecule has 0 aliphatic heterocycles. The smallest absolute Gasteiger partial charge is 0.341 e. The van der Waals surface area contributed by atoms with Gasteiger partial charge < -0.3 is 10.1 Å². The van der Waals surface area contributed by atoms with Gasteiger partial charge in [0, 0.05) is 10.3 Å². The van der Waals surface area contributed by atoms with E-state index in [2.05, 4.69) is 17.2 Å². The maximum Gasteiger partial charge on any atom is 0.341 e. The monoisotopic (exact) mass is 440 g/mol. The summed E-state index contributed by atoms with van der Waals surface area (Å²) in [5.41, 5.74) is 2.51. The summed E-state index contributed by atoms with van der Waals surface area (Å²) in [6.07, 6.45) is 2.85. The molecule has 1 amide bonds. The molecule has 1 aromatic carbocycles. The van der Waals surface area contributed by atoms with Gasteiger partial charge in [0.15, 0.2) is 0 Å². The Bertz CT molecular complexity index is 1090. The van der Waals surface area contributed by atoms with Gasteiger partial charge in [-0.2, -0.15) is 0 Å². The van der Waals surface area contributed by atoms with Gasteiger partial charge in [0.1, 0.15) is 5.00 Å². The average Bonchev–Trinajstić information content (AvgIpc) is 3.09. The molecule has 1 N–H and O–H groups in total. The minimum Gasteiger partial charge on any atom is -0.462 e.